The highest BCUT2D eigenvalue weighted by Crippen LogP contribution is 2.34. The number of imidazole rings is 1. The van der Waals surface area contributed by atoms with Gasteiger partial charge in [-0.1, -0.05) is 0 Å². The maximum atomic E-state index is 13.3. The predicted octanol–water partition coefficient (Wildman–Crippen LogP) is 1.52. The molecule has 1 fully saturated rings. The van der Waals surface area contributed by atoms with Gasteiger partial charge in [0.1, 0.15) is 11.2 Å². The van der Waals surface area contributed by atoms with Crippen LogP contribution in [0.15, 0.2) is 33.6 Å². The summed E-state index contributed by atoms with van der Waals surface area (Å²) in [5.74, 6) is 0.963. The first-order valence-corrected chi connectivity index (χ1v) is 9.64. The zero-order valence-corrected chi connectivity index (χ0v) is 16.3. The van der Waals surface area contributed by atoms with E-state index in [9.17, 15) is 4.79 Å². The zero-order chi connectivity index (χ0) is 20.8. The molecule has 0 spiro atoms. The number of hydrogen-bond acceptors (Lipinski definition) is 9. The number of fused-ring (bicyclic) bond motifs is 1. The van der Waals surface area contributed by atoms with E-state index in [0.29, 0.717) is 59.2 Å². The number of rotatable bonds is 4. The number of aryl methyl sites for hydroxylation is 1. The fraction of sp³-hybridized carbons (Fsp3) is 0.316. The SMILES string of the molecule is CCn1c(-c2nonc2N)nc2c(-c3ccco3)ncc(C(=O)N3CCC(N)C3)c21. The second kappa shape index (κ2) is 6.95. The Kier molecular flexibility index (Phi) is 4.24. The maximum Gasteiger partial charge on any atom is 0.257 e. The zero-order valence-electron chi connectivity index (χ0n) is 16.3. The molecule has 0 aromatic carbocycles. The van der Waals surface area contributed by atoms with E-state index in [-0.39, 0.29) is 17.8 Å². The molecule has 4 aromatic heterocycles. The van der Waals surface area contributed by atoms with Crippen molar-refractivity contribution in [3.05, 3.63) is 30.2 Å². The van der Waals surface area contributed by atoms with Gasteiger partial charge in [-0.2, -0.15) is 0 Å². The minimum Gasteiger partial charge on any atom is -0.463 e. The molecule has 0 radical (unpaired) electrons. The number of furan rings is 1. The van der Waals surface area contributed by atoms with E-state index in [1.54, 1.807) is 29.5 Å². The first-order valence-electron chi connectivity index (χ1n) is 9.64. The predicted molar refractivity (Wildman–Crippen MR) is 107 cm³/mol. The molecule has 5 rings (SSSR count). The molecule has 154 valence electrons. The molecule has 5 heterocycles. The van der Waals surface area contributed by atoms with Crippen LogP contribution in [-0.4, -0.2) is 54.8 Å². The lowest BCUT2D eigenvalue weighted by molar-refractivity contribution is 0.0792. The summed E-state index contributed by atoms with van der Waals surface area (Å²) < 4.78 is 12.2. The van der Waals surface area contributed by atoms with Crippen LogP contribution in [0.4, 0.5) is 5.82 Å². The molecule has 1 atom stereocenters. The summed E-state index contributed by atoms with van der Waals surface area (Å²) in [5.41, 5.74) is 14.3. The smallest absolute Gasteiger partial charge is 0.257 e. The largest absolute Gasteiger partial charge is 0.463 e. The number of carbonyl (C=O) groups excluding carboxylic acids is 1. The topological polar surface area (TPSA) is 155 Å². The third kappa shape index (κ3) is 2.74. The van der Waals surface area contributed by atoms with Crippen molar-refractivity contribution in [2.75, 3.05) is 18.8 Å². The molecule has 4 N–H and O–H groups in total. The number of hydrogen-bond donors (Lipinski definition) is 2. The second-order valence-corrected chi connectivity index (χ2v) is 7.17. The van der Waals surface area contributed by atoms with Crippen molar-refractivity contribution in [1.82, 2.24) is 29.7 Å². The highest BCUT2D eigenvalue weighted by atomic mass is 16.6. The van der Waals surface area contributed by atoms with E-state index in [1.165, 1.54) is 0 Å². The standard InChI is InChI=1S/C19H20N8O3/c1-2-27-16-11(19(28)26-6-5-10(20)9-26)8-22-13(12-4-3-7-29-12)14(16)23-18(27)15-17(21)25-30-24-15/h3-4,7-8,10H,2,5-6,9,20H2,1H3,(H2,21,25). The lowest BCUT2D eigenvalue weighted by atomic mass is 10.1. The number of pyridine rings is 1. The summed E-state index contributed by atoms with van der Waals surface area (Å²) in [6.45, 7) is 3.57. The van der Waals surface area contributed by atoms with Crippen LogP contribution >= 0.6 is 0 Å². The average Bonchev–Trinajstić information content (AvgIpc) is 3.53. The molecule has 1 unspecified atom stereocenters. The van der Waals surface area contributed by atoms with Gasteiger partial charge in [0.05, 0.1) is 17.3 Å². The maximum absolute atomic E-state index is 13.3. The van der Waals surface area contributed by atoms with Crippen LogP contribution in [0.5, 0.6) is 0 Å². The number of nitrogens with zero attached hydrogens (tertiary/aromatic N) is 6. The average molecular weight is 408 g/mol. The molecule has 1 aliphatic heterocycles. The van der Waals surface area contributed by atoms with E-state index in [4.69, 9.17) is 25.5 Å². The monoisotopic (exact) mass is 408 g/mol. The third-order valence-electron chi connectivity index (χ3n) is 5.31. The van der Waals surface area contributed by atoms with Gasteiger partial charge >= 0.3 is 0 Å². The molecule has 11 nitrogen and oxygen atoms in total. The van der Waals surface area contributed by atoms with Crippen LogP contribution in [-0.2, 0) is 6.54 Å². The highest BCUT2D eigenvalue weighted by Gasteiger charge is 2.30. The van der Waals surface area contributed by atoms with Gasteiger partial charge in [-0.25, -0.2) is 14.6 Å². The molecule has 30 heavy (non-hydrogen) atoms. The van der Waals surface area contributed by atoms with Gasteiger partial charge in [0.25, 0.3) is 5.91 Å². The van der Waals surface area contributed by atoms with Crippen molar-refractivity contribution in [3.63, 3.8) is 0 Å². The Morgan fingerprint density at radius 1 is 1.33 bits per heavy atom. The number of nitrogens with two attached hydrogens (primary N) is 2. The van der Waals surface area contributed by atoms with Crippen LogP contribution in [0.25, 0.3) is 34.0 Å². The molecule has 0 aliphatic carbocycles. The van der Waals surface area contributed by atoms with E-state index in [1.807, 2.05) is 11.5 Å². The Morgan fingerprint density at radius 2 is 2.20 bits per heavy atom. The summed E-state index contributed by atoms with van der Waals surface area (Å²) >= 11 is 0. The van der Waals surface area contributed by atoms with Crippen LogP contribution in [0.1, 0.15) is 23.7 Å². The summed E-state index contributed by atoms with van der Waals surface area (Å²) in [6, 6.07) is 3.54. The van der Waals surface area contributed by atoms with Gasteiger partial charge in [0.2, 0.25) is 0 Å². The van der Waals surface area contributed by atoms with E-state index in [2.05, 4.69) is 15.3 Å². The minimum absolute atomic E-state index is 0.0209. The summed E-state index contributed by atoms with van der Waals surface area (Å²) in [6.07, 6.45) is 3.89. The van der Waals surface area contributed by atoms with Gasteiger partial charge < -0.3 is 25.4 Å². The molecule has 1 amide bonds. The summed E-state index contributed by atoms with van der Waals surface area (Å²) in [7, 11) is 0. The van der Waals surface area contributed by atoms with Gasteiger partial charge in [-0.05, 0) is 35.8 Å². The number of anilines is 1. The van der Waals surface area contributed by atoms with Crippen molar-refractivity contribution in [2.45, 2.75) is 25.9 Å². The summed E-state index contributed by atoms with van der Waals surface area (Å²) in [5, 5.41) is 7.55. The van der Waals surface area contributed by atoms with Crippen LogP contribution in [0.3, 0.4) is 0 Å². The minimum atomic E-state index is -0.140. The first-order chi connectivity index (χ1) is 14.6. The number of nitrogen functional groups attached to an aromatic ring is 1. The molecule has 4 aromatic rings. The number of amides is 1. The fourth-order valence-electron chi connectivity index (χ4n) is 3.87. The van der Waals surface area contributed by atoms with Gasteiger partial charge in [0, 0.05) is 31.9 Å². The van der Waals surface area contributed by atoms with Crippen LogP contribution < -0.4 is 11.5 Å². The molecular weight excluding hydrogens is 388 g/mol. The molecule has 1 saturated heterocycles. The molecule has 0 saturated carbocycles. The first kappa shape index (κ1) is 18.3. The summed E-state index contributed by atoms with van der Waals surface area (Å²) in [4.78, 5) is 24.3. The van der Waals surface area contributed by atoms with Crippen LogP contribution in [0.2, 0.25) is 0 Å². The normalized spacial score (nSPS) is 16.6. The van der Waals surface area contributed by atoms with E-state index in [0.717, 1.165) is 6.42 Å². The molecular formula is C19H20N8O3. The van der Waals surface area contributed by atoms with Crippen molar-refractivity contribution < 1.29 is 13.8 Å². The van der Waals surface area contributed by atoms with Crippen molar-refractivity contribution in [1.29, 1.82) is 0 Å². The lowest BCUT2D eigenvalue weighted by Crippen LogP contribution is -2.32. The van der Waals surface area contributed by atoms with Crippen molar-refractivity contribution in [2.24, 2.45) is 5.73 Å². The van der Waals surface area contributed by atoms with Crippen molar-refractivity contribution >= 4 is 22.8 Å². The number of carbonyl (C=O) groups is 1. The van der Waals surface area contributed by atoms with Gasteiger partial charge in [-0.15, -0.1) is 0 Å². The Balaban J connectivity index is 1.77. The highest BCUT2D eigenvalue weighted by molar-refractivity contribution is 6.08. The Morgan fingerprint density at radius 3 is 2.83 bits per heavy atom. The van der Waals surface area contributed by atoms with Crippen LogP contribution in [0, 0.1) is 0 Å². The second-order valence-electron chi connectivity index (χ2n) is 7.17. The Labute approximate surface area is 170 Å². The van der Waals surface area contributed by atoms with Gasteiger partial charge in [0.15, 0.2) is 23.1 Å². The van der Waals surface area contributed by atoms with E-state index >= 15 is 0 Å². The Bertz CT molecular complexity index is 1230. The fourth-order valence-corrected chi connectivity index (χ4v) is 3.87. The number of likely N-dealkylation sites (tertiary alicyclic amines) is 1. The Hall–Kier alpha value is -3.73. The van der Waals surface area contributed by atoms with Crippen molar-refractivity contribution in [3.8, 4) is 23.0 Å². The molecule has 11 heteroatoms. The molecule has 1 aliphatic rings. The molecule has 0 bridgehead atoms. The third-order valence-corrected chi connectivity index (χ3v) is 5.31. The van der Waals surface area contributed by atoms with E-state index < -0.39 is 0 Å². The van der Waals surface area contributed by atoms with Gasteiger partial charge in [-0.3, -0.25) is 4.79 Å². The quantitative estimate of drug-likeness (QED) is 0.511. The number of aromatic nitrogens is 5. The lowest BCUT2D eigenvalue weighted by Gasteiger charge is -2.17.